The van der Waals surface area contributed by atoms with Crippen LogP contribution in [0.3, 0.4) is 0 Å². The number of hydrogen-bond donors (Lipinski definition) is 2. The Morgan fingerprint density at radius 2 is 1.98 bits per heavy atom. The molecule has 41 heavy (non-hydrogen) atoms. The fraction of sp³-hybridized carbons (Fsp3) is 0.323. The highest BCUT2D eigenvalue weighted by molar-refractivity contribution is 6.30. The molecule has 1 saturated carbocycles. The number of aliphatic imine (C=N–C) groups is 2. The number of para-hydroxylation sites is 1. The average Bonchev–Trinajstić information content (AvgIpc) is 3.53. The van der Waals surface area contributed by atoms with E-state index >= 15 is 0 Å². The molecule has 2 aromatic carbocycles. The summed E-state index contributed by atoms with van der Waals surface area (Å²) in [5.41, 5.74) is 4.64. The van der Waals surface area contributed by atoms with Gasteiger partial charge in [0.15, 0.2) is 5.84 Å². The molecular formula is C31H31ClF2N6O. The molecule has 0 saturated heterocycles. The molecule has 0 spiro atoms. The van der Waals surface area contributed by atoms with Gasteiger partial charge < -0.3 is 15.4 Å². The van der Waals surface area contributed by atoms with E-state index in [2.05, 4.69) is 22.5 Å². The lowest BCUT2D eigenvalue weighted by molar-refractivity contribution is 0.335. The minimum atomic E-state index is -0.674. The van der Waals surface area contributed by atoms with E-state index in [1.54, 1.807) is 11.6 Å². The van der Waals surface area contributed by atoms with Gasteiger partial charge in [0.1, 0.15) is 34.1 Å². The van der Waals surface area contributed by atoms with Gasteiger partial charge in [0, 0.05) is 41.4 Å². The van der Waals surface area contributed by atoms with Gasteiger partial charge in [-0.3, -0.25) is 9.67 Å². The second kappa shape index (κ2) is 11.5. The number of hydrogen-bond acceptors (Lipinski definition) is 6. The first-order chi connectivity index (χ1) is 19.9. The molecule has 1 fully saturated rings. The predicted molar refractivity (Wildman–Crippen MR) is 158 cm³/mol. The number of halogens is 3. The molecule has 7 nitrogen and oxygen atoms in total. The topological polar surface area (TPSA) is 75.8 Å². The maximum atomic E-state index is 15.0. The van der Waals surface area contributed by atoms with Crippen molar-refractivity contribution in [3.05, 3.63) is 93.2 Å². The summed E-state index contributed by atoms with van der Waals surface area (Å²) >= 11 is 6.33. The Bertz CT molecular complexity index is 1640. The molecule has 2 N–H and O–H groups in total. The van der Waals surface area contributed by atoms with Crippen LogP contribution in [0.1, 0.15) is 57.2 Å². The molecule has 1 atom stereocenters. The van der Waals surface area contributed by atoms with Gasteiger partial charge in [0.05, 0.1) is 24.7 Å². The van der Waals surface area contributed by atoms with Gasteiger partial charge in [-0.15, -0.1) is 0 Å². The molecule has 3 aliphatic rings. The standard InChI is InChI=1S/C31H31ClF2N6O/c1-3-18-12-13-35-28(32)16-26(18)37-30-20-9-7-10-25(20)36-31(38-30)29-21-8-5-6-11-27(21)40(39-29)17-22-23(33)14-19(41-4-2)15-24(22)34/h5-6,8,11,13-16,25,37H,3-4,7,9-10,12,17H2,1-2H3,(H,36,38). The largest absolute Gasteiger partial charge is 0.494 e. The molecule has 2 aliphatic heterocycles. The smallest absolute Gasteiger partial charge is 0.156 e. The van der Waals surface area contributed by atoms with Gasteiger partial charge in [-0.2, -0.15) is 5.10 Å². The van der Waals surface area contributed by atoms with Crippen molar-refractivity contribution in [1.29, 1.82) is 0 Å². The van der Waals surface area contributed by atoms with Crippen LogP contribution in [-0.4, -0.2) is 34.5 Å². The van der Waals surface area contributed by atoms with E-state index in [9.17, 15) is 8.78 Å². The van der Waals surface area contributed by atoms with Crippen molar-refractivity contribution in [3.8, 4) is 5.75 Å². The number of nitrogens with zero attached hydrogens (tertiary/aromatic N) is 4. The van der Waals surface area contributed by atoms with E-state index in [1.807, 2.05) is 36.6 Å². The quantitative estimate of drug-likeness (QED) is 0.293. The van der Waals surface area contributed by atoms with Gasteiger partial charge in [-0.1, -0.05) is 36.7 Å². The Balaban J connectivity index is 1.36. The summed E-state index contributed by atoms with van der Waals surface area (Å²) in [7, 11) is 0. The number of fused-ring (bicyclic) bond motifs is 2. The summed E-state index contributed by atoms with van der Waals surface area (Å²) in [6.45, 7) is 4.13. The molecule has 0 amide bonds. The monoisotopic (exact) mass is 576 g/mol. The van der Waals surface area contributed by atoms with Gasteiger partial charge >= 0.3 is 0 Å². The Labute approximate surface area is 242 Å². The molecule has 6 rings (SSSR count). The van der Waals surface area contributed by atoms with E-state index in [0.717, 1.165) is 48.1 Å². The van der Waals surface area contributed by atoms with E-state index in [1.165, 1.54) is 23.3 Å². The Morgan fingerprint density at radius 3 is 2.76 bits per heavy atom. The average molecular weight is 577 g/mol. The fourth-order valence-electron chi connectivity index (χ4n) is 5.64. The van der Waals surface area contributed by atoms with E-state index in [4.69, 9.17) is 26.4 Å². The third-order valence-corrected chi connectivity index (χ3v) is 7.88. The minimum absolute atomic E-state index is 0.0193. The van der Waals surface area contributed by atoms with Gasteiger partial charge in [-0.25, -0.2) is 13.8 Å². The number of nitrogens with one attached hydrogen (secondary N) is 2. The van der Waals surface area contributed by atoms with Crippen LogP contribution >= 0.6 is 11.6 Å². The number of rotatable bonds is 8. The van der Waals surface area contributed by atoms with Crippen molar-refractivity contribution in [2.75, 3.05) is 6.61 Å². The van der Waals surface area contributed by atoms with Crippen molar-refractivity contribution in [2.24, 2.45) is 9.98 Å². The molecular weight excluding hydrogens is 546 g/mol. The maximum absolute atomic E-state index is 15.0. The van der Waals surface area contributed by atoms with Gasteiger partial charge in [0.25, 0.3) is 0 Å². The van der Waals surface area contributed by atoms with Crippen LogP contribution in [0.15, 0.2) is 80.3 Å². The lowest BCUT2D eigenvalue weighted by atomic mass is 10.1. The zero-order valence-electron chi connectivity index (χ0n) is 23.0. The van der Waals surface area contributed by atoms with E-state index < -0.39 is 11.6 Å². The lowest BCUT2D eigenvalue weighted by Crippen LogP contribution is -2.38. The maximum Gasteiger partial charge on any atom is 0.156 e. The van der Waals surface area contributed by atoms with Crippen LogP contribution in [0.2, 0.25) is 0 Å². The third-order valence-electron chi connectivity index (χ3n) is 7.67. The molecule has 3 heterocycles. The second-order valence-electron chi connectivity index (χ2n) is 10.2. The summed E-state index contributed by atoms with van der Waals surface area (Å²) < 4.78 is 36.9. The van der Waals surface area contributed by atoms with Crippen LogP contribution < -0.4 is 15.4 Å². The van der Waals surface area contributed by atoms with E-state index in [-0.39, 0.29) is 23.9 Å². The molecule has 1 aromatic heterocycles. The molecule has 3 aromatic rings. The molecule has 10 heteroatoms. The summed E-state index contributed by atoms with van der Waals surface area (Å²) in [6.07, 6.45) is 8.17. The predicted octanol–water partition coefficient (Wildman–Crippen LogP) is 6.68. The van der Waals surface area contributed by atoms with Crippen LogP contribution in [0.5, 0.6) is 5.75 Å². The van der Waals surface area contributed by atoms with Crippen LogP contribution in [0, 0.1) is 11.6 Å². The van der Waals surface area contributed by atoms with Crippen molar-refractivity contribution in [3.63, 3.8) is 0 Å². The Kier molecular flexibility index (Phi) is 7.62. The molecule has 212 valence electrons. The van der Waals surface area contributed by atoms with Gasteiger partial charge in [0.2, 0.25) is 0 Å². The molecule has 0 radical (unpaired) electrons. The van der Waals surface area contributed by atoms with Crippen molar-refractivity contribution in [2.45, 2.75) is 58.5 Å². The highest BCUT2D eigenvalue weighted by atomic mass is 35.5. The van der Waals surface area contributed by atoms with Crippen molar-refractivity contribution in [1.82, 2.24) is 20.4 Å². The zero-order chi connectivity index (χ0) is 28.5. The van der Waals surface area contributed by atoms with Crippen LogP contribution in [-0.2, 0) is 6.54 Å². The number of allylic oxidation sites excluding steroid dienone is 2. The first-order valence-corrected chi connectivity index (χ1v) is 14.4. The summed E-state index contributed by atoms with van der Waals surface area (Å²) in [5.74, 6) is 0.307. The fourth-order valence-corrected chi connectivity index (χ4v) is 5.82. The van der Waals surface area contributed by atoms with E-state index in [0.29, 0.717) is 29.7 Å². The van der Waals surface area contributed by atoms with Crippen LogP contribution in [0.25, 0.3) is 10.9 Å². The highest BCUT2D eigenvalue weighted by Gasteiger charge is 2.31. The Morgan fingerprint density at radius 1 is 1.17 bits per heavy atom. The second-order valence-corrected chi connectivity index (χ2v) is 10.6. The summed E-state index contributed by atoms with van der Waals surface area (Å²) in [6, 6.07) is 10.1. The van der Waals surface area contributed by atoms with Crippen LogP contribution in [0.4, 0.5) is 8.78 Å². The molecule has 0 bridgehead atoms. The van der Waals surface area contributed by atoms with Gasteiger partial charge in [-0.05, 0) is 55.9 Å². The first-order valence-electron chi connectivity index (χ1n) is 14.0. The normalized spacial score (nSPS) is 18.7. The number of aromatic nitrogens is 2. The summed E-state index contributed by atoms with van der Waals surface area (Å²) in [5, 5.41) is 13.2. The number of ether oxygens (including phenoxy) is 1. The highest BCUT2D eigenvalue weighted by Crippen LogP contribution is 2.34. The van der Waals surface area contributed by atoms with Crippen molar-refractivity contribution >= 4 is 34.6 Å². The molecule has 1 aliphatic carbocycles. The lowest BCUT2D eigenvalue weighted by Gasteiger charge is -2.26. The third kappa shape index (κ3) is 5.38. The first kappa shape index (κ1) is 27.2. The summed E-state index contributed by atoms with van der Waals surface area (Å²) in [4.78, 5) is 9.33. The number of amidine groups is 1. The number of benzene rings is 2. The minimum Gasteiger partial charge on any atom is -0.494 e. The zero-order valence-corrected chi connectivity index (χ0v) is 23.7. The molecule has 1 unspecified atom stereocenters. The Hall–Kier alpha value is -3.98. The van der Waals surface area contributed by atoms with Crippen molar-refractivity contribution < 1.29 is 13.5 Å². The SMILES string of the molecule is CCOc1cc(F)c(Cn2nc(C3=NC4CCCC4=C(NC4=C(CC)CC=NC(Cl)=C4)N3)c3ccccc32)c(F)c1.